The van der Waals surface area contributed by atoms with Crippen LogP contribution in [0.4, 0.5) is 42.1 Å². The smallest absolute Gasteiger partial charge is 0.416 e. The Balaban J connectivity index is 0.000000265. The van der Waals surface area contributed by atoms with Gasteiger partial charge in [-0.2, -0.15) is 28.1 Å². The molecule has 0 spiro atoms. The van der Waals surface area contributed by atoms with Crippen LogP contribution in [-0.4, -0.2) is 98.0 Å². The van der Waals surface area contributed by atoms with Gasteiger partial charge in [-0.05, 0) is 114 Å². The summed E-state index contributed by atoms with van der Waals surface area (Å²) in [4.78, 5) is 59.4. The Hall–Kier alpha value is -5.90. The normalized spacial score (nSPS) is 13.2. The molecule has 0 saturated carbocycles. The maximum atomic E-state index is 12.6. The number of carboxylic acid groups (broad SMARTS) is 1. The van der Waals surface area contributed by atoms with Gasteiger partial charge in [-0.3, -0.25) is 19.7 Å². The fraction of sp³-hybridized carbons (Fsp3) is 0.388. The summed E-state index contributed by atoms with van der Waals surface area (Å²) in [7, 11) is 1.64. The molecule has 3 N–H and O–H groups in total. The maximum absolute atomic E-state index is 12.6. The molecule has 0 saturated heterocycles. The number of aromatic nitrogens is 3. The van der Waals surface area contributed by atoms with Gasteiger partial charge in [-0.15, -0.1) is 11.6 Å². The van der Waals surface area contributed by atoms with E-state index in [0.717, 1.165) is 65.8 Å². The molecule has 5 aromatic rings. The van der Waals surface area contributed by atoms with Crippen LogP contribution in [0, 0.1) is 17.0 Å². The van der Waals surface area contributed by atoms with Crippen LogP contribution in [0.3, 0.4) is 0 Å². The number of amides is 2. The van der Waals surface area contributed by atoms with Crippen LogP contribution in [0.1, 0.15) is 75.5 Å². The minimum Gasteiger partial charge on any atom is -0.489 e. The van der Waals surface area contributed by atoms with Crippen molar-refractivity contribution in [1.29, 1.82) is 0 Å². The standard InChI is InChI=1S/C15H22ClNO2.C14H7ClF3NO5.C11H11Cl2NO2.C9H16ClN5/c1-5-13-8-6-7-11(2)15(13)17(14(18)9-16)12(3)10-19-4;15-10-5-7(14(16,17)18)1-4-12(10)24-8-2-3-11(19(22)23)9(6-8)13(20)21;1-7-6-16-9-5-3-2-4-8(9)14(7)11(15)10(12)13;1-5-11-7-12-6(10)13-8(14-7)15-9(2,3)4/h6-8,12H,5,9-10H2,1-4H3;1-6H,(H,20,21);2-5,7,10H,6H2,1H3;5H2,1-4H3,(H2,11,12,13,14,15). The summed E-state index contributed by atoms with van der Waals surface area (Å²) in [6.07, 6.45) is -3.70. The number of fused-ring (bicyclic) bond motifs is 1. The van der Waals surface area contributed by atoms with E-state index in [9.17, 15) is 37.7 Å². The highest BCUT2D eigenvalue weighted by atomic mass is 35.5. The molecule has 74 heavy (non-hydrogen) atoms. The number of benzene rings is 4. The van der Waals surface area contributed by atoms with Crippen molar-refractivity contribution in [2.75, 3.05) is 53.2 Å². The number of para-hydroxylation sites is 3. The second-order valence-corrected chi connectivity index (χ2v) is 19.0. The molecule has 4 aromatic carbocycles. The lowest BCUT2D eigenvalue weighted by atomic mass is 10.0. The van der Waals surface area contributed by atoms with Crippen molar-refractivity contribution in [3.63, 3.8) is 0 Å². The topological polar surface area (TPSA) is 211 Å². The van der Waals surface area contributed by atoms with Gasteiger partial charge in [-0.25, -0.2) is 4.79 Å². The highest BCUT2D eigenvalue weighted by Gasteiger charge is 2.33. The van der Waals surface area contributed by atoms with Gasteiger partial charge in [0.15, 0.2) is 4.84 Å². The first kappa shape index (κ1) is 62.4. The van der Waals surface area contributed by atoms with Crippen LogP contribution in [-0.2, 0) is 26.9 Å². The highest BCUT2D eigenvalue weighted by Crippen LogP contribution is 2.38. The van der Waals surface area contributed by atoms with Crippen molar-refractivity contribution in [3.05, 3.63) is 122 Å². The number of alkyl halides is 6. The molecule has 1 aliphatic heterocycles. The number of ether oxygens (including phenoxy) is 3. The Bertz CT molecular complexity index is 2720. The van der Waals surface area contributed by atoms with Crippen molar-refractivity contribution >= 4 is 105 Å². The van der Waals surface area contributed by atoms with Gasteiger partial charge in [0.2, 0.25) is 23.1 Å². The fourth-order valence-corrected chi connectivity index (χ4v) is 7.56. The highest BCUT2D eigenvalue weighted by molar-refractivity contribution is 6.54. The predicted molar refractivity (Wildman–Crippen MR) is 283 cm³/mol. The molecule has 2 atom stereocenters. The van der Waals surface area contributed by atoms with Crippen molar-refractivity contribution in [2.45, 2.75) is 90.4 Å². The quantitative estimate of drug-likeness (QED) is 0.0536. The van der Waals surface area contributed by atoms with Gasteiger partial charge < -0.3 is 39.8 Å². The number of hydrogen-bond donors (Lipinski definition) is 3. The summed E-state index contributed by atoms with van der Waals surface area (Å²) in [5.74, 6) is -0.599. The molecule has 0 radical (unpaired) electrons. The third-order valence-electron chi connectivity index (χ3n) is 9.96. The van der Waals surface area contributed by atoms with E-state index in [1.807, 2.05) is 84.9 Å². The van der Waals surface area contributed by atoms with E-state index in [0.29, 0.717) is 36.9 Å². The van der Waals surface area contributed by atoms with Crippen molar-refractivity contribution in [2.24, 2.45) is 0 Å². The molecule has 1 aromatic heterocycles. The van der Waals surface area contributed by atoms with E-state index in [1.165, 1.54) is 0 Å². The molecule has 2 unspecified atom stereocenters. The minimum atomic E-state index is -4.58. The van der Waals surface area contributed by atoms with Crippen molar-refractivity contribution in [3.8, 4) is 17.2 Å². The number of nitro groups is 1. The molecule has 0 bridgehead atoms. The molecule has 402 valence electrons. The van der Waals surface area contributed by atoms with Crippen molar-refractivity contribution in [1.82, 2.24) is 15.0 Å². The first-order chi connectivity index (χ1) is 34.7. The third kappa shape index (κ3) is 18.5. The summed E-state index contributed by atoms with van der Waals surface area (Å²) in [6.45, 7) is 17.7. The van der Waals surface area contributed by atoms with E-state index in [4.69, 9.17) is 77.3 Å². The van der Waals surface area contributed by atoms with Gasteiger partial charge in [0.1, 0.15) is 35.3 Å². The average molecular weight is 1140 g/mol. The zero-order valence-corrected chi connectivity index (χ0v) is 45.5. The number of carboxylic acids is 1. The number of aryl methyl sites for hydroxylation is 2. The van der Waals surface area contributed by atoms with Crippen LogP contribution in [0.15, 0.2) is 78.9 Å². The Morgan fingerprint density at radius 2 is 1.65 bits per heavy atom. The maximum Gasteiger partial charge on any atom is 0.416 e. The Morgan fingerprint density at radius 1 is 0.986 bits per heavy atom. The molecular weight excluding hydrogens is 1080 g/mol. The number of hydrogen-bond acceptors (Lipinski definition) is 13. The average Bonchev–Trinajstić information content (AvgIpc) is 3.32. The van der Waals surface area contributed by atoms with E-state index in [2.05, 4.69) is 38.6 Å². The van der Waals surface area contributed by atoms with Crippen LogP contribution in [0.2, 0.25) is 10.3 Å². The van der Waals surface area contributed by atoms with Gasteiger partial charge >= 0.3 is 12.1 Å². The van der Waals surface area contributed by atoms with Gasteiger partial charge in [-0.1, -0.05) is 72.1 Å². The second-order valence-electron chi connectivity index (χ2n) is 16.9. The van der Waals surface area contributed by atoms with E-state index < -0.39 is 38.7 Å². The number of halogens is 8. The van der Waals surface area contributed by atoms with Gasteiger partial charge in [0, 0.05) is 31.3 Å². The molecule has 1 aliphatic rings. The minimum absolute atomic E-state index is 0.0223. The molecular formula is C49H56Cl5F3N8O9. The van der Waals surface area contributed by atoms with Crippen LogP contribution < -0.4 is 29.9 Å². The summed E-state index contributed by atoms with van der Waals surface area (Å²) in [6, 6.07) is 18.6. The van der Waals surface area contributed by atoms with Gasteiger partial charge in [0.05, 0.1) is 45.6 Å². The molecule has 17 nitrogen and oxygen atoms in total. The Labute approximate surface area is 451 Å². The van der Waals surface area contributed by atoms with Gasteiger partial charge in [0.25, 0.3) is 11.6 Å². The van der Waals surface area contributed by atoms with Crippen LogP contribution >= 0.6 is 58.0 Å². The van der Waals surface area contributed by atoms with E-state index >= 15 is 0 Å². The molecule has 25 heteroatoms. The number of anilines is 4. The van der Waals surface area contributed by atoms with Crippen molar-refractivity contribution < 1.29 is 51.8 Å². The number of methoxy groups -OCH3 is 1. The number of nitrogens with zero attached hydrogens (tertiary/aromatic N) is 6. The lowest BCUT2D eigenvalue weighted by molar-refractivity contribution is -0.385. The molecule has 2 heterocycles. The molecule has 2 amide bonds. The molecule has 0 fully saturated rings. The molecule has 6 rings (SSSR count). The number of carbonyl (C=O) groups excluding carboxylic acids is 2. The first-order valence-corrected chi connectivity index (χ1v) is 24.6. The number of rotatable bonds is 14. The lowest BCUT2D eigenvalue weighted by Crippen LogP contribution is -2.47. The first-order valence-electron chi connectivity index (χ1n) is 22.5. The Kier molecular flexibility index (Phi) is 24.2. The van der Waals surface area contributed by atoms with Crippen LogP contribution in [0.5, 0.6) is 17.2 Å². The number of nitro benzene ring substituents is 1. The molecule has 0 aliphatic carbocycles. The fourth-order valence-electron chi connectivity index (χ4n) is 6.84. The summed E-state index contributed by atoms with van der Waals surface area (Å²) in [5.41, 5.74) is 1.58. The third-order valence-corrected chi connectivity index (χ3v) is 11.0. The number of aromatic carboxylic acids is 1. The zero-order valence-electron chi connectivity index (χ0n) is 41.7. The summed E-state index contributed by atoms with van der Waals surface area (Å²) < 4.78 is 53.6. The SMILES string of the molecule is CC1COc2ccccc2N1C(=O)C(Cl)Cl.CCNc1nc(Cl)nc(NC(C)(C)C)n1.CCc1cccc(C)c1N(C(=O)CCl)C(C)COC.O=C(O)c1cc(Oc2ccc(C(F)(F)F)cc2Cl)ccc1[N+](=O)[O-]. The summed E-state index contributed by atoms with van der Waals surface area (Å²) in [5, 5.41) is 25.7. The monoisotopic (exact) mass is 1130 g/mol. The van der Waals surface area contributed by atoms with E-state index in [1.54, 1.807) is 16.9 Å². The van der Waals surface area contributed by atoms with E-state index in [-0.39, 0.29) is 57.1 Å². The number of nitrogens with one attached hydrogen (secondary N) is 2. The second kappa shape index (κ2) is 28.7. The summed E-state index contributed by atoms with van der Waals surface area (Å²) >= 11 is 28.5. The zero-order chi connectivity index (χ0) is 55.7. The lowest BCUT2D eigenvalue weighted by Gasteiger charge is -2.35. The van der Waals surface area contributed by atoms with Crippen LogP contribution in [0.25, 0.3) is 0 Å². The largest absolute Gasteiger partial charge is 0.489 e. The number of carbonyl (C=O) groups is 3. The Morgan fingerprint density at radius 3 is 2.20 bits per heavy atom. The predicted octanol–water partition coefficient (Wildman–Crippen LogP) is 12.7.